The maximum absolute atomic E-state index is 12.2. The average Bonchev–Trinajstić information content (AvgIpc) is 1.46. The molecule has 0 amide bonds. The summed E-state index contributed by atoms with van der Waals surface area (Å²) in [7, 11) is 0. The van der Waals surface area contributed by atoms with E-state index in [0.29, 0.717) is 0 Å². The normalized spacial score (nSPS) is 44.6. The van der Waals surface area contributed by atoms with E-state index in [1.54, 1.807) is 0 Å². The molecule has 0 aromatic heterocycles. The summed E-state index contributed by atoms with van der Waals surface area (Å²) < 4.78 is 36.5. The molecule has 0 aliphatic heterocycles. The maximum Gasteiger partial charge on any atom is 0.394 e. The molecule has 3 rings (SSSR count). The van der Waals surface area contributed by atoms with E-state index in [1.165, 1.54) is 0 Å². The highest BCUT2D eigenvalue weighted by atomic mass is 19.4. The number of alkyl halides is 3. The molecule has 0 atom stereocenters. The van der Waals surface area contributed by atoms with Crippen molar-refractivity contribution in [3.8, 4) is 0 Å². The van der Waals surface area contributed by atoms with Crippen molar-refractivity contribution >= 4 is 5.97 Å². The van der Waals surface area contributed by atoms with Crippen LogP contribution in [0.3, 0.4) is 0 Å². The van der Waals surface area contributed by atoms with Crippen LogP contribution in [0.25, 0.3) is 0 Å². The smallest absolute Gasteiger partial charge is 0.394 e. The standard InChI is InChI=1S/C7H7F3O2/c8-7(9,10)6-1-5(2-6,3-6)4(11)12/h1-3H2,(H,11,12). The number of carboxylic acid groups (broad SMARTS) is 1. The lowest BCUT2D eigenvalue weighted by molar-refractivity contribution is -0.354. The fourth-order valence-corrected chi connectivity index (χ4v) is 2.32. The zero-order valence-electron chi connectivity index (χ0n) is 6.11. The van der Waals surface area contributed by atoms with E-state index < -0.39 is 23.0 Å². The van der Waals surface area contributed by atoms with Crippen LogP contribution in [0.15, 0.2) is 0 Å². The molecule has 0 aromatic rings. The summed E-state index contributed by atoms with van der Waals surface area (Å²) in [6, 6.07) is 0. The van der Waals surface area contributed by atoms with Crippen molar-refractivity contribution in [2.75, 3.05) is 0 Å². The Morgan fingerprint density at radius 1 is 1.25 bits per heavy atom. The van der Waals surface area contributed by atoms with Crippen LogP contribution in [-0.2, 0) is 4.79 Å². The lowest BCUT2D eigenvalue weighted by Gasteiger charge is -2.67. The van der Waals surface area contributed by atoms with Gasteiger partial charge in [0.25, 0.3) is 0 Å². The molecular formula is C7H7F3O2. The second-order valence-corrected chi connectivity index (χ2v) is 3.89. The van der Waals surface area contributed by atoms with Gasteiger partial charge in [-0.15, -0.1) is 0 Å². The van der Waals surface area contributed by atoms with Gasteiger partial charge in [0.2, 0.25) is 0 Å². The minimum Gasteiger partial charge on any atom is -0.481 e. The Bertz CT molecular complexity index is 236. The number of rotatable bonds is 1. The van der Waals surface area contributed by atoms with E-state index >= 15 is 0 Å². The molecule has 0 unspecified atom stereocenters. The Morgan fingerprint density at radius 2 is 1.67 bits per heavy atom. The minimum absolute atomic E-state index is 0.209. The molecule has 3 aliphatic rings. The van der Waals surface area contributed by atoms with Crippen molar-refractivity contribution < 1.29 is 23.1 Å². The van der Waals surface area contributed by atoms with E-state index in [0.717, 1.165) is 0 Å². The summed E-state index contributed by atoms with van der Waals surface area (Å²) in [5.74, 6) is -1.08. The predicted octanol–water partition coefficient (Wildman–Crippen LogP) is 1.80. The van der Waals surface area contributed by atoms with Crippen molar-refractivity contribution in [1.29, 1.82) is 0 Å². The first-order valence-electron chi connectivity index (χ1n) is 3.62. The quantitative estimate of drug-likeness (QED) is 0.668. The zero-order chi connectivity index (χ0) is 9.20. The molecule has 12 heavy (non-hydrogen) atoms. The SMILES string of the molecule is O=C(O)C12CC(C(F)(F)F)(C1)C2. The van der Waals surface area contributed by atoms with E-state index in [1.807, 2.05) is 0 Å². The first kappa shape index (κ1) is 7.89. The van der Waals surface area contributed by atoms with Crippen LogP contribution in [0, 0.1) is 10.8 Å². The van der Waals surface area contributed by atoms with Crippen molar-refractivity contribution in [1.82, 2.24) is 0 Å². The van der Waals surface area contributed by atoms with Crippen LogP contribution >= 0.6 is 0 Å². The lowest BCUT2D eigenvalue weighted by atomic mass is 9.35. The Hall–Kier alpha value is -0.740. The second kappa shape index (κ2) is 1.63. The van der Waals surface area contributed by atoms with Gasteiger partial charge in [0, 0.05) is 0 Å². The number of carbonyl (C=O) groups is 1. The highest BCUT2D eigenvalue weighted by molar-refractivity contribution is 5.79. The molecule has 0 aromatic carbocycles. The molecule has 2 bridgehead atoms. The Morgan fingerprint density at radius 3 is 1.92 bits per heavy atom. The highest BCUT2D eigenvalue weighted by Gasteiger charge is 2.81. The van der Waals surface area contributed by atoms with Gasteiger partial charge in [-0.2, -0.15) is 13.2 Å². The molecule has 68 valence electrons. The predicted molar refractivity (Wildman–Crippen MR) is 32.4 cm³/mol. The van der Waals surface area contributed by atoms with Gasteiger partial charge in [-0.25, -0.2) is 0 Å². The molecule has 3 saturated carbocycles. The van der Waals surface area contributed by atoms with Gasteiger partial charge in [0.1, 0.15) is 0 Å². The third kappa shape index (κ3) is 0.607. The molecule has 3 aliphatic carbocycles. The van der Waals surface area contributed by atoms with Crippen molar-refractivity contribution in [3.05, 3.63) is 0 Å². The zero-order valence-corrected chi connectivity index (χ0v) is 6.11. The minimum atomic E-state index is -4.20. The summed E-state index contributed by atoms with van der Waals surface area (Å²) in [4.78, 5) is 10.4. The third-order valence-electron chi connectivity index (χ3n) is 3.09. The van der Waals surface area contributed by atoms with Crippen LogP contribution in [0.5, 0.6) is 0 Å². The van der Waals surface area contributed by atoms with Gasteiger partial charge in [-0.3, -0.25) is 4.79 Å². The molecule has 0 spiro atoms. The summed E-state index contributed by atoms with van der Waals surface area (Å²) >= 11 is 0. The maximum atomic E-state index is 12.2. The van der Waals surface area contributed by atoms with Crippen molar-refractivity contribution in [3.63, 3.8) is 0 Å². The summed E-state index contributed by atoms with van der Waals surface area (Å²) in [5.41, 5.74) is -2.65. The molecule has 1 N–H and O–H groups in total. The van der Waals surface area contributed by atoms with Gasteiger partial charge in [-0.05, 0) is 19.3 Å². The van der Waals surface area contributed by atoms with Crippen LogP contribution in [0.4, 0.5) is 13.2 Å². The summed E-state index contributed by atoms with van der Waals surface area (Å²) in [6.45, 7) is 0. The lowest BCUT2D eigenvalue weighted by Crippen LogP contribution is -2.70. The number of hydrogen-bond acceptors (Lipinski definition) is 1. The van der Waals surface area contributed by atoms with Gasteiger partial charge < -0.3 is 5.11 Å². The summed E-state index contributed by atoms with van der Waals surface area (Å²) in [5, 5.41) is 8.54. The van der Waals surface area contributed by atoms with Gasteiger partial charge >= 0.3 is 12.1 Å². The number of halogens is 3. The van der Waals surface area contributed by atoms with Crippen LogP contribution in [0.1, 0.15) is 19.3 Å². The van der Waals surface area contributed by atoms with Crippen molar-refractivity contribution in [2.45, 2.75) is 25.4 Å². The number of hydrogen-bond donors (Lipinski definition) is 1. The molecule has 3 fully saturated rings. The summed E-state index contributed by atoms with van der Waals surface area (Å²) in [6.07, 6.45) is -4.83. The van der Waals surface area contributed by atoms with Crippen LogP contribution in [-0.4, -0.2) is 17.3 Å². The topological polar surface area (TPSA) is 37.3 Å². The molecular weight excluding hydrogens is 173 g/mol. The first-order valence-corrected chi connectivity index (χ1v) is 3.62. The van der Waals surface area contributed by atoms with E-state index in [4.69, 9.17) is 5.11 Å². The molecule has 0 heterocycles. The largest absolute Gasteiger partial charge is 0.481 e. The first-order chi connectivity index (χ1) is 5.31. The van der Waals surface area contributed by atoms with Crippen molar-refractivity contribution in [2.24, 2.45) is 10.8 Å². The third-order valence-corrected chi connectivity index (χ3v) is 3.09. The van der Waals surface area contributed by atoms with E-state index in [2.05, 4.69) is 0 Å². The Kier molecular flexibility index (Phi) is 1.07. The number of carboxylic acids is 1. The number of aliphatic carboxylic acids is 1. The second-order valence-electron chi connectivity index (χ2n) is 3.89. The Balaban J connectivity index is 2.09. The molecule has 2 nitrogen and oxygen atoms in total. The van der Waals surface area contributed by atoms with E-state index in [9.17, 15) is 18.0 Å². The molecule has 0 radical (unpaired) electrons. The van der Waals surface area contributed by atoms with Gasteiger partial charge in [0.15, 0.2) is 0 Å². The molecule has 5 heteroatoms. The van der Waals surface area contributed by atoms with Gasteiger partial charge in [0.05, 0.1) is 10.8 Å². The average molecular weight is 180 g/mol. The van der Waals surface area contributed by atoms with Gasteiger partial charge in [-0.1, -0.05) is 0 Å². The highest BCUT2D eigenvalue weighted by Crippen LogP contribution is 2.78. The molecule has 0 saturated heterocycles. The van der Waals surface area contributed by atoms with Crippen LogP contribution < -0.4 is 0 Å². The fraction of sp³-hybridized carbons (Fsp3) is 0.857. The Labute approximate surface area is 66.4 Å². The monoisotopic (exact) mass is 180 g/mol. The van der Waals surface area contributed by atoms with Crippen LogP contribution in [0.2, 0.25) is 0 Å². The fourth-order valence-electron chi connectivity index (χ4n) is 2.32. The van der Waals surface area contributed by atoms with E-state index in [-0.39, 0.29) is 19.3 Å².